The third-order valence-corrected chi connectivity index (χ3v) is 4.20. The highest BCUT2D eigenvalue weighted by Gasteiger charge is 2.38. The minimum absolute atomic E-state index is 0.269. The number of carboxylic acids is 1. The Balaban J connectivity index is 0.000000256. The Hall–Kier alpha value is -1.68. The molecule has 0 bridgehead atoms. The number of carboxylic acid groups (broad SMARTS) is 1. The van der Waals surface area contributed by atoms with Crippen molar-refractivity contribution in [3.05, 3.63) is 34.4 Å². The molecule has 10 heteroatoms. The van der Waals surface area contributed by atoms with E-state index in [-0.39, 0.29) is 5.82 Å². The van der Waals surface area contributed by atoms with Gasteiger partial charge < -0.3 is 9.51 Å². The molecule has 0 spiro atoms. The monoisotopic (exact) mass is 411 g/mol. The molecular formula is C14H14BrF4N3O2. The third-order valence-electron chi connectivity index (χ3n) is 3.62. The lowest BCUT2D eigenvalue weighted by Gasteiger charge is -2.16. The summed E-state index contributed by atoms with van der Waals surface area (Å²) in [7, 11) is 2.11. The van der Waals surface area contributed by atoms with Crippen LogP contribution in [0.4, 0.5) is 17.6 Å². The van der Waals surface area contributed by atoms with Crippen LogP contribution in [0.1, 0.15) is 24.6 Å². The van der Waals surface area contributed by atoms with Gasteiger partial charge in [0.05, 0.1) is 16.2 Å². The van der Waals surface area contributed by atoms with Crippen LogP contribution < -0.4 is 0 Å². The van der Waals surface area contributed by atoms with E-state index in [2.05, 4.69) is 32.9 Å². The van der Waals surface area contributed by atoms with Gasteiger partial charge in [-0.05, 0) is 42.4 Å². The van der Waals surface area contributed by atoms with Crippen LogP contribution in [0.15, 0.2) is 22.9 Å². The quantitative estimate of drug-likeness (QED) is 0.727. The maximum atomic E-state index is 13.4. The molecular weight excluding hydrogens is 398 g/mol. The van der Waals surface area contributed by atoms with Gasteiger partial charge in [0.25, 0.3) is 0 Å². The molecule has 0 unspecified atom stereocenters. The van der Waals surface area contributed by atoms with Gasteiger partial charge in [-0.2, -0.15) is 13.2 Å². The average molecular weight is 412 g/mol. The Morgan fingerprint density at radius 1 is 1.42 bits per heavy atom. The summed E-state index contributed by atoms with van der Waals surface area (Å²) >= 11 is 3.19. The largest absolute Gasteiger partial charge is 0.490 e. The van der Waals surface area contributed by atoms with Gasteiger partial charge in [0.2, 0.25) is 0 Å². The molecule has 3 heterocycles. The summed E-state index contributed by atoms with van der Waals surface area (Å²) in [5.41, 5.74) is 1.70. The lowest BCUT2D eigenvalue weighted by atomic mass is 10.2. The first-order chi connectivity index (χ1) is 11.1. The average Bonchev–Trinajstić information content (AvgIpc) is 3.05. The number of aliphatic carboxylic acids is 1. The second-order valence-corrected chi connectivity index (χ2v) is 6.20. The van der Waals surface area contributed by atoms with Gasteiger partial charge >= 0.3 is 12.1 Å². The van der Waals surface area contributed by atoms with Gasteiger partial charge in [0.15, 0.2) is 0 Å². The van der Waals surface area contributed by atoms with Crippen LogP contribution in [0.3, 0.4) is 0 Å². The molecule has 0 radical (unpaired) electrons. The third kappa shape index (κ3) is 4.23. The summed E-state index contributed by atoms with van der Waals surface area (Å²) in [6, 6.07) is 1.83. The van der Waals surface area contributed by atoms with E-state index < -0.39 is 12.1 Å². The molecule has 0 amide bonds. The SMILES string of the molecule is CN1CCC[C@@H]1c1cn2cc(Br)c(F)cc2n1.O=C(O)C(F)(F)F. The van der Waals surface area contributed by atoms with Gasteiger partial charge in [-0.15, -0.1) is 0 Å². The molecule has 1 aliphatic rings. The normalized spacial score (nSPS) is 18.5. The van der Waals surface area contributed by atoms with Crippen molar-refractivity contribution in [2.75, 3.05) is 13.6 Å². The van der Waals surface area contributed by atoms with E-state index in [1.807, 2.05) is 10.6 Å². The molecule has 24 heavy (non-hydrogen) atoms. The molecule has 1 saturated heterocycles. The number of fused-ring (bicyclic) bond motifs is 1. The number of hydrogen-bond acceptors (Lipinski definition) is 3. The van der Waals surface area contributed by atoms with Crippen molar-refractivity contribution in [2.45, 2.75) is 25.1 Å². The zero-order valence-electron chi connectivity index (χ0n) is 12.5. The van der Waals surface area contributed by atoms with Crippen molar-refractivity contribution in [2.24, 2.45) is 0 Å². The van der Waals surface area contributed by atoms with Crippen LogP contribution in [0.2, 0.25) is 0 Å². The molecule has 0 aromatic carbocycles. The number of rotatable bonds is 1. The van der Waals surface area contributed by atoms with E-state index in [1.54, 1.807) is 6.20 Å². The predicted molar refractivity (Wildman–Crippen MR) is 81.1 cm³/mol. The highest BCUT2D eigenvalue weighted by Crippen LogP contribution is 2.30. The Labute approximate surface area is 143 Å². The van der Waals surface area contributed by atoms with Gasteiger partial charge in [-0.1, -0.05) is 0 Å². The molecule has 2 aromatic rings. The first kappa shape index (κ1) is 18.7. The maximum Gasteiger partial charge on any atom is 0.490 e. The van der Waals surface area contributed by atoms with Gasteiger partial charge in [0.1, 0.15) is 11.5 Å². The number of imidazole rings is 1. The molecule has 1 atom stereocenters. The first-order valence-corrected chi connectivity index (χ1v) is 7.73. The fraction of sp³-hybridized carbons (Fsp3) is 0.429. The molecule has 0 saturated carbocycles. The Kier molecular flexibility index (Phi) is 5.49. The number of aromatic nitrogens is 2. The van der Waals surface area contributed by atoms with Crippen LogP contribution in [-0.4, -0.2) is 45.1 Å². The summed E-state index contributed by atoms with van der Waals surface area (Å²) < 4.78 is 47.5. The van der Waals surface area contributed by atoms with E-state index in [0.29, 0.717) is 16.2 Å². The molecule has 132 valence electrons. The molecule has 0 aliphatic carbocycles. The number of halogens is 5. The topological polar surface area (TPSA) is 57.8 Å². The minimum Gasteiger partial charge on any atom is -0.475 e. The van der Waals surface area contributed by atoms with Gasteiger partial charge in [-0.25, -0.2) is 14.2 Å². The second-order valence-electron chi connectivity index (χ2n) is 5.34. The molecule has 5 nitrogen and oxygen atoms in total. The van der Waals surface area contributed by atoms with Crippen molar-refractivity contribution >= 4 is 27.5 Å². The Morgan fingerprint density at radius 3 is 2.54 bits per heavy atom. The summed E-state index contributed by atoms with van der Waals surface area (Å²) in [6.45, 7) is 1.11. The van der Waals surface area contributed by atoms with Crippen molar-refractivity contribution in [3.8, 4) is 0 Å². The van der Waals surface area contributed by atoms with E-state index in [4.69, 9.17) is 9.90 Å². The van der Waals surface area contributed by atoms with E-state index >= 15 is 0 Å². The number of alkyl halides is 3. The van der Waals surface area contributed by atoms with Gasteiger partial charge in [0, 0.05) is 18.5 Å². The fourth-order valence-electron chi connectivity index (χ4n) is 2.45. The first-order valence-electron chi connectivity index (χ1n) is 6.93. The van der Waals surface area contributed by atoms with Crippen molar-refractivity contribution in [1.82, 2.24) is 14.3 Å². The molecule has 1 aliphatic heterocycles. The number of pyridine rings is 1. The highest BCUT2D eigenvalue weighted by molar-refractivity contribution is 9.10. The Bertz CT molecular complexity index is 708. The van der Waals surface area contributed by atoms with Crippen LogP contribution in [0, 0.1) is 5.82 Å². The number of hydrogen-bond donors (Lipinski definition) is 1. The fourth-order valence-corrected chi connectivity index (χ4v) is 2.78. The van der Waals surface area contributed by atoms with E-state index in [0.717, 1.165) is 18.7 Å². The molecule has 1 N–H and O–H groups in total. The second kappa shape index (κ2) is 7.06. The minimum atomic E-state index is -5.08. The van der Waals surface area contributed by atoms with E-state index in [9.17, 15) is 17.6 Å². The summed E-state index contributed by atoms with van der Waals surface area (Å²) in [6.07, 6.45) is 0.958. The summed E-state index contributed by atoms with van der Waals surface area (Å²) in [5, 5.41) is 7.12. The number of likely N-dealkylation sites (tertiary alicyclic amines) is 1. The summed E-state index contributed by atoms with van der Waals surface area (Å²) in [5.74, 6) is -3.03. The van der Waals surface area contributed by atoms with Crippen LogP contribution >= 0.6 is 15.9 Å². The molecule has 3 rings (SSSR count). The molecule has 1 fully saturated rings. The standard InChI is InChI=1S/C12H13BrFN3.C2HF3O2/c1-16-4-2-3-11(16)10-7-17-6-8(13)9(14)5-12(17)15-10;3-2(4,5)1(6)7/h5-7,11H,2-4H2,1H3;(H,6,7)/t11-;/m1./s1. The van der Waals surface area contributed by atoms with Crippen molar-refractivity contribution in [1.29, 1.82) is 0 Å². The maximum absolute atomic E-state index is 13.4. The highest BCUT2D eigenvalue weighted by atomic mass is 79.9. The molecule has 2 aromatic heterocycles. The lowest BCUT2D eigenvalue weighted by Crippen LogP contribution is -2.21. The predicted octanol–water partition coefficient (Wildman–Crippen LogP) is 3.64. The van der Waals surface area contributed by atoms with Crippen LogP contribution in [0.25, 0.3) is 5.65 Å². The number of carbonyl (C=O) groups is 1. The number of nitrogens with zero attached hydrogens (tertiary/aromatic N) is 3. The van der Waals surface area contributed by atoms with Crippen LogP contribution in [0.5, 0.6) is 0 Å². The van der Waals surface area contributed by atoms with Crippen molar-refractivity contribution < 1.29 is 27.5 Å². The lowest BCUT2D eigenvalue weighted by molar-refractivity contribution is -0.192. The Morgan fingerprint density at radius 2 is 2.04 bits per heavy atom. The van der Waals surface area contributed by atoms with Gasteiger partial charge in [-0.3, -0.25) is 4.90 Å². The van der Waals surface area contributed by atoms with Crippen LogP contribution in [-0.2, 0) is 4.79 Å². The zero-order chi connectivity index (χ0) is 18.1. The summed E-state index contributed by atoms with van der Waals surface area (Å²) in [4.78, 5) is 15.7. The zero-order valence-corrected chi connectivity index (χ0v) is 14.1. The van der Waals surface area contributed by atoms with Crippen molar-refractivity contribution in [3.63, 3.8) is 0 Å². The smallest absolute Gasteiger partial charge is 0.475 e. The van der Waals surface area contributed by atoms with E-state index in [1.165, 1.54) is 12.5 Å².